The van der Waals surface area contributed by atoms with E-state index in [9.17, 15) is 4.79 Å². The smallest absolute Gasteiger partial charge is 0.244 e. The Morgan fingerprint density at radius 3 is 2.54 bits per heavy atom. The molecule has 1 amide bonds. The third kappa shape index (κ3) is 5.01. The molecule has 0 aliphatic carbocycles. The molecule has 3 aromatic rings. The van der Waals surface area contributed by atoms with Crippen molar-refractivity contribution in [3.05, 3.63) is 83.7 Å². The van der Waals surface area contributed by atoms with Gasteiger partial charge in [0.15, 0.2) is 11.5 Å². The summed E-state index contributed by atoms with van der Waals surface area (Å²) in [5, 5.41) is 7.08. The zero-order chi connectivity index (χ0) is 19.8. The number of nitrogens with zero attached hydrogens (tertiary/aromatic N) is 2. The van der Waals surface area contributed by atoms with E-state index >= 15 is 0 Å². The Bertz CT molecular complexity index is 932. The standard InChI is InChI=1S/C22H23N3O3/c1-27-20-6-3-5-19(22(20)28-2)11-12-21(26)23-15-17-7-9-18(10-8-17)16-25-14-4-13-24-25/h3-14H,15-16H2,1-2H3,(H,23,26)/b12-11+. The number of hydrogen-bond donors (Lipinski definition) is 1. The second-order valence-corrected chi connectivity index (χ2v) is 6.15. The van der Waals surface area contributed by atoms with Gasteiger partial charge in [-0.05, 0) is 29.3 Å². The van der Waals surface area contributed by atoms with Gasteiger partial charge in [-0.3, -0.25) is 9.48 Å². The van der Waals surface area contributed by atoms with Crippen LogP contribution in [0.4, 0.5) is 0 Å². The topological polar surface area (TPSA) is 65.4 Å². The summed E-state index contributed by atoms with van der Waals surface area (Å²) in [6, 6.07) is 15.5. The van der Waals surface area contributed by atoms with E-state index < -0.39 is 0 Å². The van der Waals surface area contributed by atoms with E-state index in [0.29, 0.717) is 18.0 Å². The number of nitrogens with one attached hydrogen (secondary N) is 1. The largest absolute Gasteiger partial charge is 0.493 e. The summed E-state index contributed by atoms with van der Waals surface area (Å²) in [6.07, 6.45) is 6.89. The third-order valence-corrected chi connectivity index (χ3v) is 4.24. The lowest BCUT2D eigenvalue weighted by Crippen LogP contribution is -2.20. The second-order valence-electron chi connectivity index (χ2n) is 6.15. The van der Waals surface area contributed by atoms with Crippen molar-refractivity contribution in [2.75, 3.05) is 14.2 Å². The van der Waals surface area contributed by atoms with Crippen LogP contribution in [-0.4, -0.2) is 29.9 Å². The molecule has 0 saturated heterocycles. The number of aromatic nitrogens is 2. The van der Waals surface area contributed by atoms with Crippen molar-refractivity contribution in [3.8, 4) is 11.5 Å². The Labute approximate surface area is 164 Å². The number of methoxy groups -OCH3 is 2. The number of rotatable bonds is 8. The highest BCUT2D eigenvalue weighted by molar-refractivity contribution is 5.92. The van der Waals surface area contributed by atoms with Gasteiger partial charge in [-0.2, -0.15) is 5.10 Å². The zero-order valence-corrected chi connectivity index (χ0v) is 16.0. The van der Waals surface area contributed by atoms with E-state index in [1.54, 1.807) is 26.5 Å². The lowest BCUT2D eigenvalue weighted by Gasteiger charge is -2.09. The van der Waals surface area contributed by atoms with E-state index in [1.165, 1.54) is 6.08 Å². The minimum atomic E-state index is -0.175. The van der Waals surface area contributed by atoms with Crippen LogP contribution >= 0.6 is 0 Å². The quantitative estimate of drug-likeness (QED) is 0.612. The van der Waals surface area contributed by atoms with Gasteiger partial charge < -0.3 is 14.8 Å². The molecule has 1 aromatic heterocycles. The summed E-state index contributed by atoms with van der Waals surface area (Å²) in [4.78, 5) is 12.1. The Morgan fingerprint density at radius 2 is 1.86 bits per heavy atom. The Morgan fingerprint density at radius 1 is 1.07 bits per heavy atom. The van der Waals surface area contributed by atoms with Crippen molar-refractivity contribution >= 4 is 12.0 Å². The van der Waals surface area contributed by atoms with Gasteiger partial charge in [0.2, 0.25) is 5.91 Å². The number of carbonyl (C=O) groups is 1. The molecule has 0 unspecified atom stereocenters. The molecule has 0 bridgehead atoms. The first kappa shape index (κ1) is 19.2. The van der Waals surface area contributed by atoms with Crippen LogP contribution in [0.15, 0.2) is 67.0 Å². The summed E-state index contributed by atoms with van der Waals surface area (Å²) >= 11 is 0. The van der Waals surface area contributed by atoms with Gasteiger partial charge in [-0.25, -0.2) is 0 Å². The molecule has 0 saturated carbocycles. The molecule has 0 fully saturated rings. The number of carbonyl (C=O) groups excluding carboxylic acids is 1. The molecule has 1 N–H and O–H groups in total. The number of ether oxygens (including phenoxy) is 2. The predicted octanol–water partition coefficient (Wildman–Crippen LogP) is 3.28. The van der Waals surface area contributed by atoms with Crippen LogP contribution in [-0.2, 0) is 17.9 Å². The minimum absolute atomic E-state index is 0.175. The van der Waals surface area contributed by atoms with E-state index in [-0.39, 0.29) is 5.91 Å². The first-order valence-corrected chi connectivity index (χ1v) is 8.91. The number of benzene rings is 2. The highest BCUT2D eigenvalue weighted by Crippen LogP contribution is 2.31. The Balaban J connectivity index is 1.55. The normalized spacial score (nSPS) is 10.8. The summed E-state index contributed by atoms with van der Waals surface area (Å²) in [6.45, 7) is 1.19. The van der Waals surface area contributed by atoms with Crippen molar-refractivity contribution in [1.82, 2.24) is 15.1 Å². The van der Waals surface area contributed by atoms with Crippen LogP contribution in [0.2, 0.25) is 0 Å². The zero-order valence-electron chi connectivity index (χ0n) is 16.0. The van der Waals surface area contributed by atoms with Gasteiger partial charge in [0.05, 0.1) is 20.8 Å². The molecule has 0 aliphatic rings. The van der Waals surface area contributed by atoms with Crippen LogP contribution < -0.4 is 14.8 Å². The third-order valence-electron chi connectivity index (χ3n) is 4.24. The maximum absolute atomic E-state index is 12.1. The summed E-state index contributed by atoms with van der Waals surface area (Å²) in [5.74, 6) is 1.05. The molecule has 2 aromatic carbocycles. The fraction of sp³-hybridized carbons (Fsp3) is 0.182. The van der Waals surface area contributed by atoms with Crippen LogP contribution in [0.5, 0.6) is 11.5 Å². The summed E-state index contributed by atoms with van der Waals surface area (Å²) < 4.78 is 12.5. The van der Waals surface area contributed by atoms with Gasteiger partial charge in [0.25, 0.3) is 0 Å². The van der Waals surface area contributed by atoms with Crippen LogP contribution in [0, 0.1) is 0 Å². The summed E-state index contributed by atoms with van der Waals surface area (Å²) in [5.41, 5.74) is 2.97. The van der Waals surface area contributed by atoms with E-state index in [0.717, 1.165) is 23.2 Å². The maximum Gasteiger partial charge on any atom is 0.244 e. The Kier molecular flexibility index (Phi) is 6.46. The van der Waals surface area contributed by atoms with Gasteiger partial charge in [-0.15, -0.1) is 0 Å². The molecule has 144 valence electrons. The predicted molar refractivity (Wildman–Crippen MR) is 108 cm³/mol. The van der Waals surface area contributed by atoms with Crippen molar-refractivity contribution < 1.29 is 14.3 Å². The molecule has 3 rings (SSSR count). The molecule has 6 nitrogen and oxygen atoms in total. The lowest BCUT2D eigenvalue weighted by atomic mass is 10.1. The molecular weight excluding hydrogens is 354 g/mol. The SMILES string of the molecule is COc1cccc(/C=C/C(=O)NCc2ccc(Cn3cccn3)cc2)c1OC. The van der Waals surface area contributed by atoms with E-state index in [1.807, 2.05) is 59.4 Å². The lowest BCUT2D eigenvalue weighted by molar-refractivity contribution is -0.116. The number of amides is 1. The van der Waals surface area contributed by atoms with E-state index in [4.69, 9.17) is 9.47 Å². The fourth-order valence-corrected chi connectivity index (χ4v) is 2.80. The maximum atomic E-state index is 12.1. The van der Waals surface area contributed by atoms with Crippen LogP contribution in [0.25, 0.3) is 6.08 Å². The molecule has 0 aliphatic heterocycles. The molecule has 28 heavy (non-hydrogen) atoms. The number of hydrogen-bond acceptors (Lipinski definition) is 4. The van der Waals surface area contributed by atoms with E-state index in [2.05, 4.69) is 10.4 Å². The van der Waals surface area contributed by atoms with Crippen LogP contribution in [0.3, 0.4) is 0 Å². The average molecular weight is 377 g/mol. The molecule has 0 radical (unpaired) electrons. The fourth-order valence-electron chi connectivity index (χ4n) is 2.80. The van der Waals surface area contributed by atoms with Crippen LogP contribution in [0.1, 0.15) is 16.7 Å². The highest BCUT2D eigenvalue weighted by atomic mass is 16.5. The van der Waals surface area contributed by atoms with Crippen molar-refractivity contribution in [3.63, 3.8) is 0 Å². The number of para-hydroxylation sites is 1. The van der Waals surface area contributed by atoms with Crippen molar-refractivity contribution in [2.45, 2.75) is 13.1 Å². The minimum Gasteiger partial charge on any atom is -0.493 e. The first-order valence-electron chi connectivity index (χ1n) is 8.91. The van der Waals surface area contributed by atoms with Gasteiger partial charge >= 0.3 is 0 Å². The molecule has 1 heterocycles. The summed E-state index contributed by atoms with van der Waals surface area (Å²) in [7, 11) is 3.16. The average Bonchev–Trinajstić information content (AvgIpc) is 3.24. The van der Waals surface area contributed by atoms with Gasteiger partial charge in [0, 0.05) is 30.6 Å². The molecular formula is C22H23N3O3. The Hall–Kier alpha value is -3.54. The van der Waals surface area contributed by atoms with Gasteiger partial charge in [-0.1, -0.05) is 36.4 Å². The monoisotopic (exact) mass is 377 g/mol. The second kappa shape index (κ2) is 9.41. The molecule has 0 spiro atoms. The molecule has 0 atom stereocenters. The van der Waals surface area contributed by atoms with Gasteiger partial charge in [0.1, 0.15) is 0 Å². The molecule has 6 heteroatoms. The highest BCUT2D eigenvalue weighted by Gasteiger charge is 2.07. The van der Waals surface area contributed by atoms with Crippen molar-refractivity contribution in [2.24, 2.45) is 0 Å². The van der Waals surface area contributed by atoms with Crippen molar-refractivity contribution in [1.29, 1.82) is 0 Å². The first-order chi connectivity index (χ1) is 13.7.